The Hall–Kier alpha value is -3.31. The summed E-state index contributed by atoms with van der Waals surface area (Å²) in [4.78, 5) is 16.1. The van der Waals surface area contributed by atoms with Gasteiger partial charge in [0.15, 0.2) is 23.4 Å². The number of ether oxygens (including phenoxy) is 1. The van der Waals surface area contributed by atoms with Gasteiger partial charge in [0.1, 0.15) is 5.75 Å². The molecular formula is C18H11F2N3O2S. The van der Waals surface area contributed by atoms with Crippen LogP contribution in [0.5, 0.6) is 5.75 Å². The monoisotopic (exact) mass is 371 g/mol. The lowest BCUT2D eigenvalue weighted by molar-refractivity contribution is -0.118. The van der Waals surface area contributed by atoms with E-state index in [4.69, 9.17) is 10.00 Å². The number of nitriles is 1. The number of nitrogens with zero attached hydrogens (tertiary/aromatic N) is 2. The van der Waals surface area contributed by atoms with Crippen molar-refractivity contribution in [3.05, 3.63) is 65.0 Å². The fourth-order valence-corrected chi connectivity index (χ4v) is 2.78. The van der Waals surface area contributed by atoms with Crippen LogP contribution in [0.15, 0.2) is 47.8 Å². The molecule has 1 heterocycles. The zero-order chi connectivity index (χ0) is 18.5. The molecule has 0 bridgehead atoms. The highest BCUT2D eigenvalue weighted by Gasteiger charge is 2.11. The zero-order valence-electron chi connectivity index (χ0n) is 13.2. The van der Waals surface area contributed by atoms with Crippen molar-refractivity contribution in [1.29, 1.82) is 5.26 Å². The summed E-state index contributed by atoms with van der Waals surface area (Å²) in [5, 5.41) is 13.2. The topological polar surface area (TPSA) is 75.0 Å². The number of carbonyl (C=O) groups excluding carboxylic acids is 1. The fourth-order valence-electron chi connectivity index (χ4n) is 2.05. The predicted molar refractivity (Wildman–Crippen MR) is 92.7 cm³/mol. The van der Waals surface area contributed by atoms with Crippen molar-refractivity contribution in [2.45, 2.75) is 0 Å². The zero-order valence-corrected chi connectivity index (χ0v) is 14.0. The van der Waals surface area contributed by atoms with Crippen molar-refractivity contribution >= 4 is 22.4 Å². The lowest BCUT2D eigenvalue weighted by Gasteiger charge is -2.05. The van der Waals surface area contributed by atoms with Crippen LogP contribution in [0.2, 0.25) is 0 Å². The van der Waals surface area contributed by atoms with E-state index in [9.17, 15) is 13.6 Å². The van der Waals surface area contributed by atoms with Gasteiger partial charge in [-0.05, 0) is 42.5 Å². The quantitative estimate of drug-likeness (QED) is 0.736. The van der Waals surface area contributed by atoms with Crippen LogP contribution in [0, 0.1) is 23.0 Å². The normalized spacial score (nSPS) is 10.2. The second-order valence-electron chi connectivity index (χ2n) is 5.14. The highest BCUT2D eigenvalue weighted by atomic mass is 32.1. The summed E-state index contributed by atoms with van der Waals surface area (Å²) in [6, 6.07) is 11.8. The van der Waals surface area contributed by atoms with Crippen LogP contribution in [0.25, 0.3) is 11.3 Å². The molecule has 3 aromatic rings. The van der Waals surface area contributed by atoms with E-state index in [0.29, 0.717) is 27.7 Å². The lowest BCUT2D eigenvalue weighted by Crippen LogP contribution is -2.20. The summed E-state index contributed by atoms with van der Waals surface area (Å²) in [7, 11) is 0. The van der Waals surface area contributed by atoms with Crippen LogP contribution in [-0.4, -0.2) is 17.5 Å². The second-order valence-corrected chi connectivity index (χ2v) is 6.00. The number of hydrogen-bond acceptors (Lipinski definition) is 5. The van der Waals surface area contributed by atoms with E-state index in [1.807, 2.05) is 6.07 Å². The number of halogens is 2. The van der Waals surface area contributed by atoms with E-state index in [2.05, 4.69) is 10.3 Å². The van der Waals surface area contributed by atoms with E-state index in [-0.39, 0.29) is 6.61 Å². The third kappa shape index (κ3) is 4.20. The van der Waals surface area contributed by atoms with Gasteiger partial charge >= 0.3 is 0 Å². The van der Waals surface area contributed by atoms with Crippen LogP contribution in [0.4, 0.5) is 13.9 Å². The SMILES string of the molecule is N#Cc1ccc(OCC(=O)Nc2nc(-c3ccc(F)c(F)c3)cs2)cc1. The summed E-state index contributed by atoms with van der Waals surface area (Å²) in [5.41, 5.74) is 1.33. The Morgan fingerprint density at radius 3 is 2.65 bits per heavy atom. The lowest BCUT2D eigenvalue weighted by atomic mass is 10.2. The molecule has 0 fully saturated rings. The minimum Gasteiger partial charge on any atom is -0.484 e. The van der Waals surface area contributed by atoms with Crippen molar-refractivity contribution in [2.75, 3.05) is 11.9 Å². The molecule has 2 aromatic carbocycles. The van der Waals surface area contributed by atoms with Gasteiger partial charge in [-0.2, -0.15) is 5.26 Å². The van der Waals surface area contributed by atoms with Gasteiger partial charge in [0.2, 0.25) is 0 Å². The van der Waals surface area contributed by atoms with Gasteiger partial charge in [0, 0.05) is 10.9 Å². The second kappa shape index (κ2) is 7.72. The van der Waals surface area contributed by atoms with Gasteiger partial charge in [-0.1, -0.05) is 0 Å². The van der Waals surface area contributed by atoms with Crippen molar-refractivity contribution in [3.8, 4) is 23.1 Å². The van der Waals surface area contributed by atoms with Gasteiger partial charge in [-0.25, -0.2) is 13.8 Å². The van der Waals surface area contributed by atoms with E-state index in [1.165, 1.54) is 6.07 Å². The Labute approximate surface area is 151 Å². The van der Waals surface area contributed by atoms with Gasteiger partial charge in [-0.3, -0.25) is 10.1 Å². The van der Waals surface area contributed by atoms with Crippen LogP contribution >= 0.6 is 11.3 Å². The first-order chi connectivity index (χ1) is 12.5. The number of benzene rings is 2. The van der Waals surface area contributed by atoms with E-state index in [0.717, 1.165) is 23.5 Å². The Kier molecular flexibility index (Phi) is 5.20. The van der Waals surface area contributed by atoms with Crippen molar-refractivity contribution in [3.63, 3.8) is 0 Å². The number of nitrogens with one attached hydrogen (secondary N) is 1. The van der Waals surface area contributed by atoms with Gasteiger partial charge < -0.3 is 4.74 Å². The highest BCUT2D eigenvalue weighted by Crippen LogP contribution is 2.26. The number of rotatable bonds is 5. The first-order valence-electron chi connectivity index (χ1n) is 7.39. The molecular weight excluding hydrogens is 360 g/mol. The van der Waals surface area contributed by atoms with Crippen LogP contribution in [0.1, 0.15) is 5.56 Å². The standard InChI is InChI=1S/C18H11F2N3O2S/c19-14-6-3-12(7-15(14)20)16-10-26-18(22-16)23-17(24)9-25-13-4-1-11(8-21)2-5-13/h1-7,10H,9H2,(H,22,23,24). The predicted octanol–water partition coefficient (Wildman–Crippen LogP) is 3.98. The third-order valence-electron chi connectivity index (χ3n) is 3.32. The minimum atomic E-state index is -0.961. The van der Waals surface area contributed by atoms with Gasteiger partial charge in [0.05, 0.1) is 17.3 Å². The Morgan fingerprint density at radius 1 is 1.19 bits per heavy atom. The van der Waals surface area contributed by atoms with E-state index >= 15 is 0 Å². The average molecular weight is 371 g/mol. The van der Waals surface area contributed by atoms with Crippen LogP contribution in [0.3, 0.4) is 0 Å². The molecule has 0 atom stereocenters. The number of anilines is 1. The van der Waals surface area contributed by atoms with E-state index in [1.54, 1.807) is 29.6 Å². The maximum absolute atomic E-state index is 13.3. The number of thiazole rings is 1. The summed E-state index contributed by atoms with van der Waals surface area (Å²) in [5.74, 6) is -1.85. The molecule has 3 rings (SSSR count). The van der Waals surface area contributed by atoms with Gasteiger partial charge in [0.25, 0.3) is 5.91 Å². The molecule has 0 aliphatic rings. The molecule has 0 saturated carbocycles. The summed E-state index contributed by atoms with van der Waals surface area (Å²) >= 11 is 1.16. The highest BCUT2D eigenvalue weighted by molar-refractivity contribution is 7.14. The molecule has 0 unspecified atom stereocenters. The average Bonchev–Trinajstić information content (AvgIpc) is 3.11. The Morgan fingerprint density at radius 2 is 1.96 bits per heavy atom. The molecule has 1 aromatic heterocycles. The van der Waals surface area contributed by atoms with Crippen molar-refractivity contribution in [1.82, 2.24) is 4.98 Å². The molecule has 130 valence electrons. The largest absolute Gasteiger partial charge is 0.484 e. The Bertz CT molecular complexity index is 981. The number of carbonyl (C=O) groups is 1. The van der Waals surface area contributed by atoms with Crippen molar-refractivity contribution < 1.29 is 18.3 Å². The molecule has 0 radical (unpaired) electrons. The Balaban J connectivity index is 1.58. The number of aromatic nitrogens is 1. The van der Waals surface area contributed by atoms with Gasteiger partial charge in [-0.15, -0.1) is 11.3 Å². The molecule has 0 aliphatic heterocycles. The first-order valence-corrected chi connectivity index (χ1v) is 8.27. The number of hydrogen-bond donors (Lipinski definition) is 1. The smallest absolute Gasteiger partial charge is 0.264 e. The number of amides is 1. The summed E-state index contributed by atoms with van der Waals surface area (Å²) < 4.78 is 31.6. The molecule has 0 aliphatic carbocycles. The van der Waals surface area contributed by atoms with E-state index < -0.39 is 17.5 Å². The maximum Gasteiger partial charge on any atom is 0.264 e. The van der Waals surface area contributed by atoms with Crippen LogP contribution < -0.4 is 10.1 Å². The molecule has 26 heavy (non-hydrogen) atoms. The maximum atomic E-state index is 13.3. The third-order valence-corrected chi connectivity index (χ3v) is 4.08. The minimum absolute atomic E-state index is 0.230. The molecule has 1 N–H and O–H groups in total. The molecule has 1 amide bonds. The van der Waals surface area contributed by atoms with Crippen molar-refractivity contribution in [2.24, 2.45) is 0 Å². The first kappa shape index (κ1) is 17.5. The fraction of sp³-hybridized carbons (Fsp3) is 0.0556. The summed E-state index contributed by atoms with van der Waals surface area (Å²) in [6.45, 7) is -0.230. The summed E-state index contributed by atoms with van der Waals surface area (Å²) in [6.07, 6.45) is 0. The molecule has 0 saturated heterocycles. The van der Waals surface area contributed by atoms with Crippen LogP contribution in [-0.2, 0) is 4.79 Å². The molecule has 5 nitrogen and oxygen atoms in total. The molecule has 0 spiro atoms. The molecule has 8 heteroatoms.